The molecule has 2 fully saturated rings. The number of halogens is 1. The van der Waals surface area contributed by atoms with Crippen molar-refractivity contribution >= 4 is 27.3 Å². The number of hydrogen-bond donors (Lipinski definition) is 0. The highest BCUT2D eigenvalue weighted by Crippen LogP contribution is 2.32. The number of aromatic nitrogens is 2. The third-order valence-electron chi connectivity index (χ3n) is 3.19. The van der Waals surface area contributed by atoms with Crippen molar-refractivity contribution in [2.75, 3.05) is 24.3 Å². The van der Waals surface area contributed by atoms with Crippen LogP contribution < -0.4 is 4.90 Å². The third kappa shape index (κ3) is 2.06. The van der Waals surface area contributed by atoms with E-state index in [1.54, 1.807) is 6.07 Å². The lowest BCUT2D eigenvalue weighted by Crippen LogP contribution is -2.37. The summed E-state index contributed by atoms with van der Waals surface area (Å²) < 4.78 is 28.5. The maximum absolute atomic E-state index is 11.5. The normalized spacial score (nSPS) is 26.9. The van der Waals surface area contributed by atoms with Crippen molar-refractivity contribution < 1.29 is 13.2 Å². The minimum atomic E-state index is -3.45. The third-order valence-corrected chi connectivity index (χ3v) is 4.23. The summed E-state index contributed by atoms with van der Waals surface area (Å²) in [5.74, 6) is 0.561. The number of fused-ring (bicyclic) bond motifs is 2. The van der Waals surface area contributed by atoms with Crippen molar-refractivity contribution in [1.29, 1.82) is 0 Å². The van der Waals surface area contributed by atoms with Gasteiger partial charge in [0, 0.05) is 18.9 Å². The van der Waals surface area contributed by atoms with Gasteiger partial charge in [-0.05, 0) is 6.42 Å². The molecule has 2 bridgehead atoms. The average molecular weight is 290 g/mol. The Balaban J connectivity index is 2.00. The van der Waals surface area contributed by atoms with Crippen LogP contribution in [0.4, 0.5) is 5.82 Å². The van der Waals surface area contributed by atoms with E-state index in [9.17, 15) is 8.42 Å². The number of ether oxygens (including phenoxy) is 1. The van der Waals surface area contributed by atoms with Crippen molar-refractivity contribution in [1.82, 2.24) is 9.97 Å². The van der Waals surface area contributed by atoms with Crippen molar-refractivity contribution in [2.24, 2.45) is 0 Å². The van der Waals surface area contributed by atoms with E-state index in [4.69, 9.17) is 16.3 Å². The second-order valence-corrected chi connectivity index (χ2v) is 6.90. The molecule has 0 saturated carbocycles. The molecule has 1 aromatic heterocycles. The fourth-order valence-electron chi connectivity index (χ4n) is 2.38. The minimum Gasteiger partial charge on any atom is -0.374 e. The number of nitrogens with zero attached hydrogens (tertiary/aromatic N) is 3. The summed E-state index contributed by atoms with van der Waals surface area (Å²) in [5.41, 5.74) is 0. The Bertz CT molecular complexity index is 592. The first kappa shape index (κ1) is 12.1. The predicted molar refractivity (Wildman–Crippen MR) is 65.6 cm³/mol. The topological polar surface area (TPSA) is 72.4 Å². The Hall–Kier alpha value is -0.920. The van der Waals surface area contributed by atoms with E-state index in [1.807, 2.05) is 4.90 Å². The molecule has 0 N–H and O–H groups in total. The first-order valence-electron chi connectivity index (χ1n) is 5.56. The zero-order valence-corrected chi connectivity index (χ0v) is 11.3. The number of morpholine rings is 1. The highest BCUT2D eigenvalue weighted by molar-refractivity contribution is 7.90. The molecule has 2 saturated heterocycles. The molecule has 0 spiro atoms. The molecular formula is C10H12ClN3O3S. The van der Waals surface area contributed by atoms with Crippen molar-refractivity contribution in [3.8, 4) is 0 Å². The quantitative estimate of drug-likeness (QED) is 0.583. The maximum atomic E-state index is 11.5. The minimum absolute atomic E-state index is 0.143. The van der Waals surface area contributed by atoms with Gasteiger partial charge < -0.3 is 9.64 Å². The summed E-state index contributed by atoms with van der Waals surface area (Å²) >= 11 is 5.86. The van der Waals surface area contributed by atoms with Gasteiger partial charge in [0.1, 0.15) is 11.0 Å². The van der Waals surface area contributed by atoms with Gasteiger partial charge in [0.2, 0.25) is 15.0 Å². The molecule has 1 unspecified atom stereocenters. The van der Waals surface area contributed by atoms with Crippen LogP contribution in [0.2, 0.25) is 5.15 Å². The van der Waals surface area contributed by atoms with E-state index in [0.29, 0.717) is 12.4 Å². The van der Waals surface area contributed by atoms with Gasteiger partial charge in [-0.3, -0.25) is 0 Å². The van der Waals surface area contributed by atoms with E-state index in [2.05, 4.69) is 9.97 Å². The van der Waals surface area contributed by atoms with Crippen LogP contribution in [0, 0.1) is 0 Å². The Morgan fingerprint density at radius 1 is 1.50 bits per heavy atom. The zero-order chi connectivity index (χ0) is 12.9. The summed E-state index contributed by atoms with van der Waals surface area (Å²) in [5, 5.41) is -0.0854. The molecule has 2 atom stereocenters. The lowest BCUT2D eigenvalue weighted by Gasteiger charge is -2.27. The number of rotatable bonds is 2. The molecule has 18 heavy (non-hydrogen) atoms. The van der Waals surface area contributed by atoms with E-state index in [1.165, 1.54) is 0 Å². The highest BCUT2D eigenvalue weighted by atomic mass is 35.5. The molecule has 98 valence electrons. The smallest absolute Gasteiger partial charge is 0.250 e. The molecule has 8 heteroatoms. The van der Waals surface area contributed by atoms with E-state index < -0.39 is 9.84 Å². The highest BCUT2D eigenvalue weighted by Gasteiger charge is 2.40. The van der Waals surface area contributed by atoms with Crippen LogP contribution in [0.25, 0.3) is 0 Å². The van der Waals surface area contributed by atoms with E-state index in [0.717, 1.165) is 19.2 Å². The van der Waals surface area contributed by atoms with Gasteiger partial charge in [-0.1, -0.05) is 11.6 Å². The Morgan fingerprint density at radius 2 is 2.28 bits per heavy atom. The molecule has 0 amide bonds. The SMILES string of the molecule is CS(=O)(=O)c1nc(Cl)cc(N2CC3C[C@H]2CO3)n1. The largest absolute Gasteiger partial charge is 0.374 e. The second-order valence-electron chi connectivity index (χ2n) is 4.60. The van der Waals surface area contributed by atoms with E-state index >= 15 is 0 Å². The summed E-state index contributed by atoms with van der Waals surface area (Å²) in [7, 11) is -3.45. The van der Waals surface area contributed by atoms with Crippen LogP contribution in [-0.4, -0.2) is 49.9 Å². The molecule has 2 aliphatic rings. The number of sulfone groups is 1. The van der Waals surface area contributed by atoms with Crippen molar-refractivity contribution in [2.45, 2.75) is 23.7 Å². The first-order valence-corrected chi connectivity index (χ1v) is 7.83. The van der Waals surface area contributed by atoms with Gasteiger partial charge in [0.25, 0.3) is 0 Å². The van der Waals surface area contributed by atoms with Gasteiger partial charge in [-0.25, -0.2) is 18.4 Å². The standard InChI is InChI=1S/C10H12ClN3O3S/c1-18(15,16)10-12-8(11)3-9(13-10)14-4-7-2-6(14)5-17-7/h3,6-7H,2,4-5H2,1H3/t6-,7?/m0/s1. The van der Waals surface area contributed by atoms with Gasteiger partial charge in [-0.2, -0.15) is 0 Å². The first-order chi connectivity index (χ1) is 8.43. The Kier molecular flexibility index (Phi) is 2.72. The van der Waals surface area contributed by atoms with E-state index in [-0.39, 0.29) is 22.5 Å². The summed E-state index contributed by atoms with van der Waals surface area (Å²) in [6, 6.07) is 1.85. The summed E-state index contributed by atoms with van der Waals surface area (Å²) in [4.78, 5) is 9.88. The van der Waals surface area contributed by atoms with Crippen LogP contribution in [0.3, 0.4) is 0 Å². The summed E-state index contributed by atoms with van der Waals surface area (Å²) in [6.07, 6.45) is 2.24. The van der Waals surface area contributed by atoms with Crippen molar-refractivity contribution in [3.63, 3.8) is 0 Å². The average Bonchev–Trinajstić information content (AvgIpc) is 2.88. The summed E-state index contributed by atoms with van der Waals surface area (Å²) in [6.45, 7) is 1.38. The monoisotopic (exact) mass is 289 g/mol. The molecule has 2 aliphatic heterocycles. The lowest BCUT2D eigenvalue weighted by atomic mass is 10.2. The molecule has 6 nitrogen and oxygen atoms in total. The fraction of sp³-hybridized carbons (Fsp3) is 0.600. The number of anilines is 1. The molecule has 3 rings (SSSR count). The molecule has 0 aliphatic carbocycles. The zero-order valence-electron chi connectivity index (χ0n) is 9.71. The van der Waals surface area contributed by atoms with Gasteiger partial charge in [0.15, 0.2) is 0 Å². The van der Waals surface area contributed by atoms with Crippen LogP contribution in [0.1, 0.15) is 6.42 Å². The van der Waals surface area contributed by atoms with Gasteiger partial charge >= 0.3 is 0 Å². The van der Waals surface area contributed by atoms with Crippen LogP contribution >= 0.6 is 11.6 Å². The second kappa shape index (κ2) is 4.04. The molecule has 1 aromatic rings. The van der Waals surface area contributed by atoms with Crippen molar-refractivity contribution in [3.05, 3.63) is 11.2 Å². The fourth-order valence-corrected chi connectivity index (χ4v) is 3.13. The molecular weight excluding hydrogens is 278 g/mol. The number of hydrogen-bond acceptors (Lipinski definition) is 6. The maximum Gasteiger partial charge on any atom is 0.250 e. The van der Waals surface area contributed by atoms with Gasteiger partial charge in [0.05, 0.1) is 18.8 Å². The molecule has 0 aromatic carbocycles. The van der Waals surface area contributed by atoms with Gasteiger partial charge in [-0.15, -0.1) is 0 Å². The predicted octanol–water partition coefficient (Wildman–Crippen LogP) is 0.511. The molecule has 0 radical (unpaired) electrons. The van der Waals surface area contributed by atoms with Crippen LogP contribution in [0.15, 0.2) is 11.2 Å². The Morgan fingerprint density at radius 3 is 2.83 bits per heavy atom. The molecule has 3 heterocycles. The van der Waals surface area contributed by atoms with Crippen LogP contribution in [0.5, 0.6) is 0 Å². The lowest BCUT2D eigenvalue weighted by molar-refractivity contribution is 0.0988. The Labute approximate surface area is 110 Å². The van der Waals surface area contributed by atoms with Crippen LogP contribution in [-0.2, 0) is 14.6 Å².